The number of likely N-dealkylation sites (tertiary alicyclic amines) is 1. The fourth-order valence-electron chi connectivity index (χ4n) is 1.70. The van der Waals surface area contributed by atoms with Gasteiger partial charge >= 0.3 is 0 Å². The van der Waals surface area contributed by atoms with E-state index >= 15 is 0 Å². The van der Waals surface area contributed by atoms with E-state index in [2.05, 4.69) is 16.9 Å². The van der Waals surface area contributed by atoms with Gasteiger partial charge in [-0.1, -0.05) is 6.92 Å². The van der Waals surface area contributed by atoms with Gasteiger partial charge in [-0.3, -0.25) is 4.79 Å². The third-order valence-electron chi connectivity index (χ3n) is 2.51. The number of hydrogen-bond donors (Lipinski definition) is 0. The number of amides is 1. The first-order valence-corrected chi connectivity index (χ1v) is 4.82. The van der Waals surface area contributed by atoms with Crippen LogP contribution in [0, 0.1) is 5.92 Å². The van der Waals surface area contributed by atoms with Crippen molar-refractivity contribution in [1.82, 2.24) is 14.9 Å². The molecule has 1 unspecified atom stereocenters. The van der Waals surface area contributed by atoms with Gasteiger partial charge in [-0.15, -0.1) is 0 Å². The van der Waals surface area contributed by atoms with Crippen molar-refractivity contribution in [2.75, 3.05) is 13.1 Å². The van der Waals surface area contributed by atoms with Crippen LogP contribution in [-0.4, -0.2) is 33.9 Å². The Balaban J connectivity index is 2.10. The molecule has 2 heterocycles. The molecular formula is C10H13N3O. The van der Waals surface area contributed by atoms with Crippen molar-refractivity contribution in [3.63, 3.8) is 0 Å². The van der Waals surface area contributed by atoms with Crippen molar-refractivity contribution < 1.29 is 4.79 Å². The van der Waals surface area contributed by atoms with Gasteiger partial charge in [0.15, 0.2) is 0 Å². The summed E-state index contributed by atoms with van der Waals surface area (Å²) >= 11 is 0. The van der Waals surface area contributed by atoms with Gasteiger partial charge in [-0.25, -0.2) is 9.97 Å². The summed E-state index contributed by atoms with van der Waals surface area (Å²) < 4.78 is 0. The van der Waals surface area contributed by atoms with Crippen LogP contribution >= 0.6 is 0 Å². The lowest BCUT2D eigenvalue weighted by Crippen LogP contribution is -2.29. The first-order valence-electron chi connectivity index (χ1n) is 4.82. The fourth-order valence-corrected chi connectivity index (χ4v) is 1.70. The summed E-state index contributed by atoms with van der Waals surface area (Å²) in [6.45, 7) is 3.86. The minimum Gasteiger partial charge on any atom is -0.337 e. The van der Waals surface area contributed by atoms with Gasteiger partial charge in [-0.2, -0.15) is 0 Å². The van der Waals surface area contributed by atoms with Crippen LogP contribution < -0.4 is 0 Å². The smallest absolute Gasteiger partial charge is 0.272 e. The van der Waals surface area contributed by atoms with Gasteiger partial charge in [-0.05, 0) is 18.4 Å². The second kappa shape index (κ2) is 3.74. The number of hydrogen-bond acceptors (Lipinski definition) is 3. The lowest BCUT2D eigenvalue weighted by atomic mass is 10.2. The van der Waals surface area contributed by atoms with Gasteiger partial charge in [0.05, 0.1) is 0 Å². The molecule has 2 rings (SSSR count). The highest BCUT2D eigenvalue weighted by atomic mass is 16.2. The van der Waals surface area contributed by atoms with Gasteiger partial charge in [0.1, 0.15) is 12.0 Å². The Labute approximate surface area is 83.0 Å². The molecule has 0 saturated carbocycles. The molecule has 0 spiro atoms. The lowest BCUT2D eigenvalue weighted by Gasteiger charge is -2.14. The van der Waals surface area contributed by atoms with Crippen molar-refractivity contribution in [3.8, 4) is 0 Å². The molecule has 0 aliphatic carbocycles. The molecule has 4 heteroatoms. The zero-order valence-corrected chi connectivity index (χ0v) is 8.18. The number of aromatic nitrogens is 2. The van der Waals surface area contributed by atoms with Crippen LogP contribution in [0.3, 0.4) is 0 Å². The molecule has 1 aromatic rings. The van der Waals surface area contributed by atoms with Crippen LogP contribution in [0.2, 0.25) is 0 Å². The zero-order valence-electron chi connectivity index (χ0n) is 8.18. The van der Waals surface area contributed by atoms with Gasteiger partial charge in [0, 0.05) is 19.3 Å². The molecule has 1 amide bonds. The van der Waals surface area contributed by atoms with Crippen LogP contribution in [0.5, 0.6) is 0 Å². The Morgan fingerprint density at radius 1 is 1.64 bits per heavy atom. The summed E-state index contributed by atoms with van der Waals surface area (Å²) in [7, 11) is 0. The van der Waals surface area contributed by atoms with Crippen LogP contribution in [0.1, 0.15) is 23.8 Å². The fraction of sp³-hybridized carbons (Fsp3) is 0.500. The Kier molecular flexibility index (Phi) is 2.43. The Morgan fingerprint density at radius 2 is 2.50 bits per heavy atom. The van der Waals surface area contributed by atoms with Crippen LogP contribution in [0.15, 0.2) is 18.6 Å². The van der Waals surface area contributed by atoms with Crippen LogP contribution in [0.4, 0.5) is 0 Å². The highest BCUT2D eigenvalue weighted by Gasteiger charge is 2.24. The molecule has 1 atom stereocenters. The minimum atomic E-state index is 0.0248. The van der Waals surface area contributed by atoms with E-state index in [0.717, 1.165) is 19.5 Å². The van der Waals surface area contributed by atoms with E-state index in [-0.39, 0.29) is 5.91 Å². The normalized spacial score (nSPS) is 21.2. The van der Waals surface area contributed by atoms with Crippen molar-refractivity contribution >= 4 is 5.91 Å². The van der Waals surface area contributed by atoms with Crippen molar-refractivity contribution in [3.05, 3.63) is 24.3 Å². The van der Waals surface area contributed by atoms with Gasteiger partial charge in [0.2, 0.25) is 0 Å². The predicted molar refractivity (Wildman–Crippen MR) is 51.7 cm³/mol. The van der Waals surface area contributed by atoms with E-state index in [0.29, 0.717) is 11.6 Å². The van der Waals surface area contributed by atoms with E-state index in [4.69, 9.17) is 0 Å². The molecule has 4 nitrogen and oxygen atoms in total. The first kappa shape index (κ1) is 9.12. The molecular weight excluding hydrogens is 178 g/mol. The maximum atomic E-state index is 11.8. The molecule has 1 fully saturated rings. The summed E-state index contributed by atoms with van der Waals surface area (Å²) in [6.07, 6.45) is 4.10. The molecule has 1 aliphatic heterocycles. The topological polar surface area (TPSA) is 46.1 Å². The molecule has 1 saturated heterocycles. The maximum absolute atomic E-state index is 11.8. The Bertz CT molecular complexity index is 325. The molecule has 74 valence electrons. The number of nitrogens with zero attached hydrogens (tertiary/aromatic N) is 3. The third kappa shape index (κ3) is 1.73. The quantitative estimate of drug-likeness (QED) is 0.664. The van der Waals surface area contributed by atoms with Gasteiger partial charge in [0.25, 0.3) is 5.91 Å². The third-order valence-corrected chi connectivity index (χ3v) is 2.51. The van der Waals surface area contributed by atoms with E-state index in [9.17, 15) is 4.79 Å². The first-order chi connectivity index (χ1) is 6.77. The second-order valence-electron chi connectivity index (χ2n) is 3.74. The SMILES string of the molecule is CC1CCN(C(=O)c2ccncn2)C1. The number of carbonyl (C=O) groups excluding carboxylic acids is 1. The summed E-state index contributed by atoms with van der Waals surface area (Å²) in [5, 5.41) is 0. The van der Waals surface area contributed by atoms with Gasteiger partial charge < -0.3 is 4.90 Å². The largest absolute Gasteiger partial charge is 0.337 e. The second-order valence-corrected chi connectivity index (χ2v) is 3.74. The summed E-state index contributed by atoms with van der Waals surface area (Å²) in [4.78, 5) is 21.4. The highest BCUT2D eigenvalue weighted by Crippen LogP contribution is 2.16. The van der Waals surface area contributed by atoms with E-state index < -0.39 is 0 Å². The summed E-state index contributed by atoms with van der Waals surface area (Å²) in [5.74, 6) is 0.637. The average Bonchev–Trinajstić information content (AvgIpc) is 2.65. The highest BCUT2D eigenvalue weighted by molar-refractivity contribution is 5.92. The standard InChI is InChI=1S/C10H13N3O/c1-8-3-5-13(6-8)10(14)9-2-4-11-7-12-9/h2,4,7-8H,3,5-6H2,1H3. The Morgan fingerprint density at radius 3 is 3.07 bits per heavy atom. The van der Waals surface area contributed by atoms with Crippen molar-refractivity contribution in [2.45, 2.75) is 13.3 Å². The van der Waals surface area contributed by atoms with E-state index in [1.165, 1.54) is 6.33 Å². The molecule has 1 aromatic heterocycles. The number of carbonyl (C=O) groups is 1. The molecule has 0 N–H and O–H groups in total. The van der Waals surface area contributed by atoms with E-state index in [1.54, 1.807) is 12.3 Å². The zero-order chi connectivity index (χ0) is 9.97. The maximum Gasteiger partial charge on any atom is 0.272 e. The Hall–Kier alpha value is -1.45. The van der Waals surface area contributed by atoms with Crippen LogP contribution in [0.25, 0.3) is 0 Å². The van der Waals surface area contributed by atoms with Crippen molar-refractivity contribution in [1.29, 1.82) is 0 Å². The molecule has 1 aliphatic rings. The molecule has 0 aromatic carbocycles. The predicted octanol–water partition coefficient (Wildman–Crippen LogP) is 0.959. The average molecular weight is 191 g/mol. The van der Waals surface area contributed by atoms with Crippen LogP contribution in [-0.2, 0) is 0 Å². The lowest BCUT2D eigenvalue weighted by molar-refractivity contribution is 0.0782. The molecule has 14 heavy (non-hydrogen) atoms. The molecule has 0 bridgehead atoms. The van der Waals surface area contributed by atoms with E-state index in [1.807, 2.05) is 4.90 Å². The monoisotopic (exact) mass is 191 g/mol. The molecule has 0 radical (unpaired) electrons. The van der Waals surface area contributed by atoms with Crippen molar-refractivity contribution in [2.24, 2.45) is 5.92 Å². The summed E-state index contributed by atoms with van der Waals surface area (Å²) in [5.41, 5.74) is 0.495. The summed E-state index contributed by atoms with van der Waals surface area (Å²) in [6, 6.07) is 1.66. The number of rotatable bonds is 1. The minimum absolute atomic E-state index is 0.0248.